The van der Waals surface area contributed by atoms with Crippen molar-refractivity contribution in [2.75, 3.05) is 6.61 Å². The molecule has 0 spiro atoms. The molecule has 1 amide bonds. The number of benzene rings is 1. The van der Waals surface area contributed by atoms with Gasteiger partial charge in [0, 0.05) is 5.56 Å². The molecule has 0 aromatic heterocycles. The van der Waals surface area contributed by atoms with Crippen LogP contribution in [-0.4, -0.2) is 12.5 Å². The molecule has 0 aliphatic carbocycles. The van der Waals surface area contributed by atoms with Gasteiger partial charge in [-0.25, -0.2) is 4.39 Å². The molecule has 1 N–H and O–H groups in total. The average molecular weight is 181 g/mol. The summed E-state index contributed by atoms with van der Waals surface area (Å²) in [6.45, 7) is 0.0715. The number of rotatable bonds is 1. The first-order valence-electron chi connectivity index (χ1n) is 3.92. The Morgan fingerprint density at radius 1 is 1.38 bits per heavy atom. The number of nitrogens with one attached hydrogen (secondary N) is 1. The summed E-state index contributed by atoms with van der Waals surface area (Å²) in [4.78, 5) is 10.8. The Balaban J connectivity index is 2.17. The van der Waals surface area contributed by atoms with Crippen molar-refractivity contribution in [1.82, 2.24) is 5.32 Å². The first-order chi connectivity index (χ1) is 6.25. The van der Waals surface area contributed by atoms with Gasteiger partial charge < -0.3 is 10.1 Å². The van der Waals surface area contributed by atoms with Crippen LogP contribution >= 0.6 is 0 Å². The molecule has 0 unspecified atom stereocenters. The molecular weight excluding hydrogens is 173 g/mol. The van der Waals surface area contributed by atoms with Gasteiger partial charge in [-0.15, -0.1) is 0 Å². The third-order valence-corrected chi connectivity index (χ3v) is 1.85. The highest BCUT2D eigenvalue weighted by Gasteiger charge is 2.22. The highest BCUT2D eigenvalue weighted by molar-refractivity contribution is 5.79. The summed E-state index contributed by atoms with van der Waals surface area (Å²) in [6, 6.07) is 5.85. The number of amides is 1. The van der Waals surface area contributed by atoms with Crippen molar-refractivity contribution in [3.63, 3.8) is 0 Å². The number of ether oxygens (including phenoxy) is 1. The zero-order valence-electron chi connectivity index (χ0n) is 6.79. The van der Waals surface area contributed by atoms with Crippen molar-refractivity contribution in [2.45, 2.75) is 6.23 Å². The van der Waals surface area contributed by atoms with E-state index < -0.39 is 6.23 Å². The van der Waals surface area contributed by atoms with E-state index in [1.165, 1.54) is 12.1 Å². The average Bonchev–Trinajstić information content (AvgIpc) is 2.53. The van der Waals surface area contributed by atoms with Crippen LogP contribution in [0.5, 0.6) is 0 Å². The van der Waals surface area contributed by atoms with Crippen LogP contribution < -0.4 is 5.32 Å². The number of hydrogen-bond acceptors (Lipinski definition) is 2. The minimum absolute atomic E-state index is 0.0715. The molecule has 0 bridgehead atoms. The van der Waals surface area contributed by atoms with Crippen molar-refractivity contribution in [3.8, 4) is 0 Å². The quantitative estimate of drug-likeness (QED) is 0.701. The van der Waals surface area contributed by atoms with Crippen LogP contribution in [0, 0.1) is 5.82 Å². The predicted octanol–water partition coefficient (Wildman–Crippen LogP) is 0.971. The van der Waals surface area contributed by atoms with Gasteiger partial charge in [-0.05, 0) is 12.1 Å². The fraction of sp³-hybridized carbons (Fsp3) is 0.222. The van der Waals surface area contributed by atoms with Gasteiger partial charge in [-0.1, -0.05) is 12.1 Å². The summed E-state index contributed by atoms with van der Waals surface area (Å²) in [5, 5.41) is 2.61. The van der Waals surface area contributed by atoms with E-state index in [-0.39, 0.29) is 18.3 Å². The minimum atomic E-state index is -0.423. The van der Waals surface area contributed by atoms with Crippen LogP contribution in [0.2, 0.25) is 0 Å². The second-order valence-corrected chi connectivity index (χ2v) is 2.81. The molecule has 1 atom stereocenters. The maximum Gasteiger partial charge on any atom is 0.248 e. The lowest BCUT2D eigenvalue weighted by molar-refractivity contribution is -0.119. The van der Waals surface area contributed by atoms with Gasteiger partial charge in [0.1, 0.15) is 12.4 Å². The summed E-state index contributed by atoms with van der Waals surface area (Å²) in [6.07, 6.45) is -0.423. The SMILES string of the molecule is O=C1CO[C@H](c2ccc(F)cc2)N1. The number of hydrogen-bond donors (Lipinski definition) is 1. The lowest BCUT2D eigenvalue weighted by atomic mass is 10.2. The standard InChI is InChI=1S/C9H8FNO2/c10-7-3-1-6(2-4-7)9-11-8(12)5-13-9/h1-4,9H,5H2,(H,11,12)/t9-/m1/s1. The summed E-state index contributed by atoms with van der Waals surface area (Å²) in [5.74, 6) is -0.442. The zero-order valence-corrected chi connectivity index (χ0v) is 6.79. The van der Waals surface area contributed by atoms with Gasteiger partial charge in [0.25, 0.3) is 0 Å². The second kappa shape index (κ2) is 3.14. The Labute approximate surface area is 74.5 Å². The fourth-order valence-electron chi connectivity index (χ4n) is 1.21. The maximum absolute atomic E-state index is 12.5. The van der Waals surface area contributed by atoms with Crippen molar-refractivity contribution in [2.24, 2.45) is 0 Å². The molecular formula is C9H8FNO2. The first-order valence-corrected chi connectivity index (χ1v) is 3.92. The van der Waals surface area contributed by atoms with E-state index in [1.807, 2.05) is 0 Å². The molecule has 0 saturated carbocycles. The van der Waals surface area contributed by atoms with Crippen LogP contribution in [0.4, 0.5) is 4.39 Å². The lowest BCUT2D eigenvalue weighted by Crippen LogP contribution is -2.19. The molecule has 1 aliphatic rings. The molecule has 0 radical (unpaired) electrons. The molecule has 1 saturated heterocycles. The van der Waals surface area contributed by atoms with Crippen LogP contribution in [-0.2, 0) is 9.53 Å². The Morgan fingerprint density at radius 2 is 2.08 bits per heavy atom. The summed E-state index contributed by atoms with van der Waals surface area (Å²) in [7, 11) is 0. The largest absolute Gasteiger partial charge is 0.344 e. The molecule has 68 valence electrons. The molecule has 1 fully saturated rings. The van der Waals surface area contributed by atoms with E-state index in [9.17, 15) is 9.18 Å². The van der Waals surface area contributed by atoms with Gasteiger partial charge in [0.15, 0.2) is 6.23 Å². The van der Waals surface area contributed by atoms with E-state index >= 15 is 0 Å². The van der Waals surface area contributed by atoms with E-state index in [0.717, 1.165) is 5.56 Å². The van der Waals surface area contributed by atoms with Gasteiger partial charge in [-0.3, -0.25) is 4.79 Å². The molecule has 1 aromatic rings. The van der Waals surface area contributed by atoms with Gasteiger partial charge in [0.05, 0.1) is 0 Å². The van der Waals surface area contributed by atoms with Crippen LogP contribution in [0.25, 0.3) is 0 Å². The van der Waals surface area contributed by atoms with Crippen LogP contribution in [0.1, 0.15) is 11.8 Å². The van der Waals surface area contributed by atoms with Crippen molar-refractivity contribution >= 4 is 5.91 Å². The molecule has 3 nitrogen and oxygen atoms in total. The smallest absolute Gasteiger partial charge is 0.248 e. The third-order valence-electron chi connectivity index (χ3n) is 1.85. The molecule has 1 aliphatic heterocycles. The molecule has 13 heavy (non-hydrogen) atoms. The lowest BCUT2D eigenvalue weighted by Gasteiger charge is -2.08. The number of carbonyl (C=O) groups is 1. The zero-order chi connectivity index (χ0) is 9.26. The molecule has 1 heterocycles. The maximum atomic E-state index is 12.5. The predicted molar refractivity (Wildman–Crippen MR) is 43.2 cm³/mol. The Hall–Kier alpha value is -1.42. The topological polar surface area (TPSA) is 38.3 Å². The normalized spacial score (nSPS) is 21.6. The Morgan fingerprint density at radius 3 is 2.62 bits per heavy atom. The minimum Gasteiger partial charge on any atom is -0.344 e. The van der Waals surface area contributed by atoms with E-state index in [0.29, 0.717) is 0 Å². The van der Waals surface area contributed by atoms with Crippen molar-refractivity contribution in [1.29, 1.82) is 0 Å². The summed E-state index contributed by atoms with van der Waals surface area (Å²) in [5.41, 5.74) is 0.757. The fourth-order valence-corrected chi connectivity index (χ4v) is 1.21. The molecule has 2 rings (SSSR count). The van der Waals surface area contributed by atoms with E-state index in [1.54, 1.807) is 12.1 Å². The van der Waals surface area contributed by atoms with Gasteiger partial charge >= 0.3 is 0 Å². The molecule has 1 aromatic carbocycles. The second-order valence-electron chi connectivity index (χ2n) is 2.81. The van der Waals surface area contributed by atoms with E-state index in [4.69, 9.17) is 4.74 Å². The Bertz CT molecular complexity index is 323. The van der Waals surface area contributed by atoms with Crippen molar-refractivity contribution in [3.05, 3.63) is 35.6 Å². The highest BCUT2D eigenvalue weighted by Crippen LogP contribution is 2.18. The third kappa shape index (κ3) is 1.67. The first kappa shape index (κ1) is 8.19. The highest BCUT2D eigenvalue weighted by atomic mass is 19.1. The van der Waals surface area contributed by atoms with E-state index in [2.05, 4.69) is 5.32 Å². The van der Waals surface area contributed by atoms with Crippen LogP contribution in [0.3, 0.4) is 0 Å². The summed E-state index contributed by atoms with van der Waals surface area (Å²) >= 11 is 0. The number of carbonyl (C=O) groups excluding carboxylic acids is 1. The Kier molecular flexibility index (Phi) is 1.98. The summed E-state index contributed by atoms with van der Waals surface area (Å²) < 4.78 is 17.6. The van der Waals surface area contributed by atoms with Crippen LogP contribution in [0.15, 0.2) is 24.3 Å². The van der Waals surface area contributed by atoms with Gasteiger partial charge in [-0.2, -0.15) is 0 Å². The van der Waals surface area contributed by atoms with Crippen molar-refractivity contribution < 1.29 is 13.9 Å². The molecule has 4 heteroatoms. The monoisotopic (exact) mass is 181 g/mol. The van der Waals surface area contributed by atoms with Gasteiger partial charge in [0.2, 0.25) is 5.91 Å². The number of halogens is 1.